The van der Waals surface area contributed by atoms with Gasteiger partial charge in [0.15, 0.2) is 5.65 Å². The number of hydrogen-bond acceptors (Lipinski definition) is 4. The van der Waals surface area contributed by atoms with E-state index in [0.717, 1.165) is 40.0 Å². The van der Waals surface area contributed by atoms with Crippen molar-refractivity contribution in [2.75, 3.05) is 11.9 Å². The molecule has 0 aliphatic heterocycles. The number of anilines is 1. The summed E-state index contributed by atoms with van der Waals surface area (Å²) in [5.74, 6) is 1.61. The first kappa shape index (κ1) is 21.3. The van der Waals surface area contributed by atoms with Crippen molar-refractivity contribution in [3.05, 3.63) is 44.9 Å². The summed E-state index contributed by atoms with van der Waals surface area (Å²) in [5, 5.41) is 13.6. The zero-order valence-corrected chi connectivity index (χ0v) is 19.6. The van der Waals surface area contributed by atoms with E-state index in [1.807, 2.05) is 13.8 Å². The average molecular weight is 454 g/mol. The molecule has 6 heteroatoms. The van der Waals surface area contributed by atoms with Gasteiger partial charge in [-0.05, 0) is 71.3 Å². The highest BCUT2D eigenvalue weighted by molar-refractivity contribution is 9.11. The van der Waals surface area contributed by atoms with Crippen LogP contribution in [0.25, 0.3) is 16.7 Å². The van der Waals surface area contributed by atoms with Gasteiger partial charge in [-0.15, -0.1) is 0 Å². The number of allylic oxidation sites excluding steroid dienone is 6. The number of nitrogens with zero attached hydrogens (tertiary/aromatic N) is 4. The van der Waals surface area contributed by atoms with Crippen LogP contribution in [0.1, 0.15) is 50.7 Å². The van der Waals surface area contributed by atoms with Gasteiger partial charge in [-0.1, -0.05) is 21.5 Å². The minimum Gasteiger partial charge on any atom is -0.369 e. The van der Waals surface area contributed by atoms with E-state index in [4.69, 9.17) is 10.2 Å². The average Bonchev–Trinajstić information content (AvgIpc) is 2.80. The fourth-order valence-corrected chi connectivity index (χ4v) is 4.51. The summed E-state index contributed by atoms with van der Waals surface area (Å²) in [5.41, 5.74) is 7.07. The Kier molecular flexibility index (Phi) is 6.28. The second-order valence-corrected chi connectivity index (χ2v) is 8.85. The molecule has 0 saturated heterocycles. The zero-order valence-electron chi connectivity index (χ0n) is 18.0. The maximum atomic E-state index is 9.04. The van der Waals surface area contributed by atoms with Crippen molar-refractivity contribution in [3.63, 3.8) is 0 Å². The van der Waals surface area contributed by atoms with Gasteiger partial charge in [0.05, 0.1) is 11.5 Å². The Bertz CT molecular complexity index is 1090. The van der Waals surface area contributed by atoms with Gasteiger partial charge in [-0.2, -0.15) is 5.26 Å². The first-order chi connectivity index (χ1) is 13.7. The summed E-state index contributed by atoms with van der Waals surface area (Å²) in [6, 6.07) is 2.29. The Labute approximate surface area is 181 Å². The van der Waals surface area contributed by atoms with Gasteiger partial charge >= 0.3 is 0 Å². The number of fused-ring (bicyclic) bond motifs is 1. The maximum Gasteiger partial charge on any atom is 0.150 e. The van der Waals surface area contributed by atoms with Crippen LogP contribution >= 0.6 is 15.9 Å². The van der Waals surface area contributed by atoms with Gasteiger partial charge in [-0.3, -0.25) is 0 Å². The van der Waals surface area contributed by atoms with E-state index in [-0.39, 0.29) is 5.92 Å². The standard InChI is InChI=1S/C23H28BrN5/c1-13(12-25)7-8-26-22-21-16(4)17(5)29(23(21)28-18(6)27-22)20-10-14(2)9-19(24)11-15(20)3/h9,11,13H,7-8,10H2,1-6H3,(H,26,27,28). The van der Waals surface area contributed by atoms with Crippen molar-refractivity contribution >= 4 is 38.5 Å². The molecular formula is C23H28BrN5. The lowest BCUT2D eigenvalue weighted by Crippen LogP contribution is -2.09. The topological polar surface area (TPSA) is 66.5 Å². The van der Waals surface area contributed by atoms with Gasteiger partial charge in [0.2, 0.25) is 0 Å². The Hall–Kier alpha value is -2.39. The van der Waals surface area contributed by atoms with Crippen molar-refractivity contribution in [3.8, 4) is 6.07 Å². The number of nitrogens with one attached hydrogen (secondary N) is 1. The summed E-state index contributed by atoms with van der Waals surface area (Å²) in [7, 11) is 0. The van der Waals surface area contributed by atoms with E-state index < -0.39 is 0 Å². The quantitative estimate of drug-likeness (QED) is 0.586. The first-order valence-electron chi connectivity index (χ1n) is 9.97. The summed E-state index contributed by atoms with van der Waals surface area (Å²) in [6.07, 6.45) is 6.00. The van der Waals surface area contributed by atoms with E-state index in [9.17, 15) is 0 Å². The Morgan fingerprint density at radius 3 is 2.62 bits per heavy atom. The van der Waals surface area contributed by atoms with Crippen LogP contribution < -0.4 is 5.32 Å². The van der Waals surface area contributed by atoms with Gasteiger partial charge in [0, 0.05) is 34.8 Å². The third kappa shape index (κ3) is 4.30. The molecule has 0 aromatic carbocycles. The van der Waals surface area contributed by atoms with Crippen LogP contribution in [-0.4, -0.2) is 21.1 Å². The molecule has 0 spiro atoms. The lowest BCUT2D eigenvalue weighted by atomic mass is 10.1. The molecule has 152 valence electrons. The summed E-state index contributed by atoms with van der Waals surface area (Å²) < 4.78 is 3.38. The number of hydrogen-bond donors (Lipinski definition) is 1. The van der Waals surface area contributed by atoms with Crippen molar-refractivity contribution < 1.29 is 0 Å². The molecule has 0 radical (unpaired) electrons. The minimum atomic E-state index is 0.0205. The number of rotatable bonds is 5. The zero-order chi connectivity index (χ0) is 21.3. The molecule has 5 nitrogen and oxygen atoms in total. The molecule has 0 saturated carbocycles. The Morgan fingerprint density at radius 2 is 1.93 bits per heavy atom. The molecular weight excluding hydrogens is 426 g/mol. The highest BCUT2D eigenvalue weighted by Crippen LogP contribution is 2.36. The Morgan fingerprint density at radius 1 is 1.21 bits per heavy atom. The molecule has 0 bridgehead atoms. The maximum absolute atomic E-state index is 9.04. The molecule has 0 amide bonds. The van der Waals surface area contributed by atoms with E-state index in [1.165, 1.54) is 28.1 Å². The second-order valence-electron chi connectivity index (χ2n) is 7.94. The van der Waals surface area contributed by atoms with E-state index in [2.05, 4.69) is 76.7 Å². The number of halogens is 1. The fourth-order valence-electron chi connectivity index (χ4n) is 3.78. The molecule has 2 heterocycles. The SMILES string of the molecule is CC1=CC(Br)=CC(C)=C(n2c(C)c(C)c3c(NCCC(C)C#N)nc(C)nc32)C1. The number of aromatic nitrogens is 3. The second kappa shape index (κ2) is 8.54. The molecule has 1 unspecified atom stereocenters. The molecule has 1 N–H and O–H groups in total. The summed E-state index contributed by atoms with van der Waals surface area (Å²) >= 11 is 3.64. The molecule has 1 aliphatic rings. The lowest BCUT2D eigenvalue weighted by Gasteiger charge is -2.15. The largest absolute Gasteiger partial charge is 0.369 e. The molecule has 2 aromatic heterocycles. The van der Waals surface area contributed by atoms with Crippen LogP contribution in [0.4, 0.5) is 5.82 Å². The van der Waals surface area contributed by atoms with E-state index >= 15 is 0 Å². The normalized spacial score (nSPS) is 15.7. The third-order valence-corrected chi connectivity index (χ3v) is 5.92. The number of aryl methyl sites for hydroxylation is 2. The van der Waals surface area contributed by atoms with Crippen molar-refractivity contribution in [1.29, 1.82) is 5.26 Å². The molecule has 1 aliphatic carbocycles. The summed E-state index contributed by atoms with van der Waals surface area (Å²) in [4.78, 5) is 9.52. The fraction of sp³-hybridized carbons (Fsp3) is 0.435. The van der Waals surface area contributed by atoms with Crippen molar-refractivity contribution in [2.24, 2.45) is 5.92 Å². The molecule has 3 rings (SSSR count). The van der Waals surface area contributed by atoms with E-state index in [0.29, 0.717) is 6.54 Å². The Balaban J connectivity index is 2.16. The lowest BCUT2D eigenvalue weighted by molar-refractivity contribution is 0.685. The van der Waals surface area contributed by atoms with Gasteiger partial charge in [-0.25, -0.2) is 9.97 Å². The molecule has 2 aromatic rings. The monoisotopic (exact) mass is 453 g/mol. The van der Waals surface area contributed by atoms with Crippen molar-refractivity contribution in [2.45, 2.75) is 54.4 Å². The van der Waals surface area contributed by atoms with Crippen LogP contribution in [-0.2, 0) is 0 Å². The molecule has 1 atom stereocenters. The predicted molar refractivity (Wildman–Crippen MR) is 124 cm³/mol. The predicted octanol–water partition coefficient (Wildman–Crippen LogP) is 6.18. The highest BCUT2D eigenvalue weighted by atomic mass is 79.9. The molecule has 29 heavy (non-hydrogen) atoms. The van der Waals surface area contributed by atoms with E-state index in [1.54, 1.807) is 0 Å². The van der Waals surface area contributed by atoms with Crippen molar-refractivity contribution in [1.82, 2.24) is 14.5 Å². The number of nitriles is 1. The van der Waals surface area contributed by atoms with Crippen LogP contribution in [0.2, 0.25) is 0 Å². The van der Waals surface area contributed by atoms with Crippen LogP contribution in [0.5, 0.6) is 0 Å². The minimum absolute atomic E-state index is 0.0205. The highest BCUT2D eigenvalue weighted by Gasteiger charge is 2.21. The van der Waals surface area contributed by atoms with Crippen LogP contribution in [0.15, 0.2) is 27.8 Å². The van der Waals surface area contributed by atoms with Gasteiger partial charge < -0.3 is 9.88 Å². The third-order valence-electron chi connectivity index (χ3n) is 5.47. The van der Waals surface area contributed by atoms with Crippen LogP contribution in [0, 0.1) is 38.0 Å². The molecule has 0 fully saturated rings. The smallest absolute Gasteiger partial charge is 0.150 e. The van der Waals surface area contributed by atoms with Gasteiger partial charge in [0.25, 0.3) is 0 Å². The first-order valence-corrected chi connectivity index (χ1v) is 10.8. The summed E-state index contributed by atoms with van der Waals surface area (Å²) in [6.45, 7) is 13.2. The van der Waals surface area contributed by atoms with Crippen LogP contribution in [0.3, 0.4) is 0 Å². The van der Waals surface area contributed by atoms with Gasteiger partial charge in [0.1, 0.15) is 11.6 Å².